The van der Waals surface area contributed by atoms with E-state index in [1.165, 1.54) is 4.31 Å². The Morgan fingerprint density at radius 2 is 1.88 bits per heavy atom. The van der Waals surface area contributed by atoms with Crippen LogP contribution in [0.2, 0.25) is 0 Å². The molecule has 1 amide bonds. The molecule has 0 spiro atoms. The van der Waals surface area contributed by atoms with Gasteiger partial charge >= 0.3 is 0 Å². The molecule has 0 unspecified atom stereocenters. The summed E-state index contributed by atoms with van der Waals surface area (Å²) >= 11 is 0. The maximum atomic E-state index is 12.3. The second kappa shape index (κ2) is 8.26. The Morgan fingerprint density at radius 3 is 2.56 bits per heavy atom. The molecule has 0 fully saturated rings. The highest BCUT2D eigenvalue weighted by Gasteiger charge is 2.21. The van der Waals surface area contributed by atoms with Crippen molar-refractivity contribution in [2.45, 2.75) is 6.42 Å². The van der Waals surface area contributed by atoms with Crippen molar-refractivity contribution in [2.75, 3.05) is 44.3 Å². The summed E-state index contributed by atoms with van der Waals surface area (Å²) in [5.74, 6) is -0.177. The van der Waals surface area contributed by atoms with Crippen LogP contribution in [0.1, 0.15) is 6.42 Å². The number of carbonyl (C=O) groups is 1. The van der Waals surface area contributed by atoms with Crippen molar-refractivity contribution in [1.82, 2.24) is 15.2 Å². The van der Waals surface area contributed by atoms with Crippen LogP contribution in [0.4, 0.5) is 5.69 Å². The number of rotatable bonds is 8. The third kappa shape index (κ3) is 5.40. The fourth-order valence-corrected chi connectivity index (χ4v) is 3.39. The average molecular weight is 364 g/mol. The van der Waals surface area contributed by atoms with Gasteiger partial charge in [0, 0.05) is 37.6 Å². The number of hydrogen-bond acceptors (Lipinski definition) is 5. The van der Waals surface area contributed by atoms with E-state index in [-0.39, 0.29) is 18.9 Å². The van der Waals surface area contributed by atoms with Gasteiger partial charge in [-0.15, -0.1) is 0 Å². The molecule has 0 saturated heterocycles. The highest BCUT2D eigenvalue weighted by Crippen LogP contribution is 2.26. The van der Waals surface area contributed by atoms with Gasteiger partial charge in [0.2, 0.25) is 15.9 Å². The van der Waals surface area contributed by atoms with Crippen LogP contribution in [0.25, 0.3) is 10.9 Å². The minimum atomic E-state index is -3.53. The van der Waals surface area contributed by atoms with Crippen LogP contribution in [-0.2, 0) is 14.8 Å². The Labute approximate surface area is 148 Å². The number of anilines is 1. The molecular formula is C17H24N4O3S. The van der Waals surface area contributed by atoms with E-state index in [1.54, 1.807) is 24.4 Å². The zero-order chi connectivity index (χ0) is 18.4. The van der Waals surface area contributed by atoms with E-state index >= 15 is 0 Å². The zero-order valence-corrected chi connectivity index (χ0v) is 15.6. The molecule has 7 nitrogen and oxygen atoms in total. The molecule has 0 aliphatic heterocycles. The number of fused-ring (bicyclic) bond motifs is 1. The van der Waals surface area contributed by atoms with E-state index in [4.69, 9.17) is 0 Å². The lowest BCUT2D eigenvalue weighted by Gasteiger charge is -2.23. The van der Waals surface area contributed by atoms with Crippen LogP contribution >= 0.6 is 0 Å². The largest absolute Gasteiger partial charge is 0.355 e. The van der Waals surface area contributed by atoms with Crippen LogP contribution in [0.15, 0.2) is 36.5 Å². The van der Waals surface area contributed by atoms with E-state index < -0.39 is 10.0 Å². The molecule has 25 heavy (non-hydrogen) atoms. The summed E-state index contributed by atoms with van der Waals surface area (Å²) in [7, 11) is 0.309. The standard InChI is InChI=1S/C17H24N4O3S/c1-20(2)13-11-18-16(22)9-12-21(25(3,23)24)15-8-4-6-14-7-5-10-19-17(14)15/h4-8,10H,9,11-13H2,1-3H3,(H,18,22). The quantitative estimate of drug-likeness (QED) is 0.758. The number of amides is 1. The number of carbonyl (C=O) groups excluding carboxylic acids is 1. The van der Waals surface area contributed by atoms with Crippen LogP contribution in [0.3, 0.4) is 0 Å². The number of nitrogens with one attached hydrogen (secondary N) is 1. The number of sulfonamides is 1. The monoisotopic (exact) mass is 364 g/mol. The van der Waals surface area contributed by atoms with Gasteiger partial charge < -0.3 is 10.2 Å². The highest BCUT2D eigenvalue weighted by molar-refractivity contribution is 7.92. The SMILES string of the molecule is CN(C)CCNC(=O)CCN(c1cccc2cccnc12)S(C)(=O)=O. The lowest BCUT2D eigenvalue weighted by Crippen LogP contribution is -2.36. The molecule has 0 saturated carbocycles. The predicted molar refractivity (Wildman–Crippen MR) is 100 cm³/mol. The highest BCUT2D eigenvalue weighted by atomic mass is 32.2. The summed E-state index contributed by atoms with van der Waals surface area (Å²) in [6.07, 6.45) is 2.85. The normalized spacial score (nSPS) is 11.7. The average Bonchev–Trinajstić information content (AvgIpc) is 2.53. The molecule has 0 aliphatic carbocycles. The summed E-state index contributed by atoms with van der Waals surface area (Å²) < 4.78 is 25.7. The molecule has 0 aliphatic rings. The van der Waals surface area contributed by atoms with Gasteiger partial charge in [0.1, 0.15) is 0 Å². The topological polar surface area (TPSA) is 82.6 Å². The summed E-state index contributed by atoms with van der Waals surface area (Å²) in [5.41, 5.74) is 1.09. The van der Waals surface area contributed by atoms with Gasteiger partial charge in [-0.05, 0) is 26.2 Å². The van der Waals surface area contributed by atoms with Crippen LogP contribution in [0.5, 0.6) is 0 Å². The van der Waals surface area contributed by atoms with Crippen molar-refractivity contribution >= 4 is 32.5 Å². The van der Waals surface area contributed by atoms with Gasteiger partial charge in [-0.2, -0.15) is 0 Å². The minimum Gasteiger partial charge on any atom is -0.355 e. The van der Waals surface area contributed by atoms with Gasteiger partial charge in [0.15, 0.2) is 0 Å². The van der Waals surface area contributed by atoms with Gasteiger partial charge in [-0.1, -0.05) is 18.2 Å². The molecule has 1 heterocycles. The first kappa shape index (κ1) is 19.1. The number of likely N-dealkylation sites (N-methyl/N-ethyl adjacent to an activating group) is 1. The molecule has 1 aromatic carbocycles. The van der Waals surface area contributed by atoms with Crippen LogP contribution in [0, 0.1) is 0 Å². The lowest BCUT2D eigenvalue weighted by molar-refractivity contribution is -0.120. The minimum absolute atomic E-state index is 0.0717. The number of benzene rings is 1. The van der Waals surface area contributed by atoms with Crippen molar-refractivity contribution in [3.8, 4) is 0 Å². The number of para-hydroxylation sites is 1. The first-order valence-electron chi connectivity index (χ1n) is 8.02. The van der Waals surface area contributed by atoms with E-state index in [1.807, 2.05) is 31.1 Å². The van der Waals surface area contributed by atoms with Gasteiger partial charge in [0.25, 0.3) is 0 Å². The second-order valence-corrected chi connectivity index (χ2v) is 8.00. The van der Waals surface area contributed by atoms with Crippen molar-refractivity contribution < 1.29 is 13.2 Å². The molecular weight excluding hydrogens is 340 g/mol. The molecule has 1 aromatic heterocycles. The number of hydrogen-bond donors (Lipinski definition) is 1. The summed E-state index contributed by atoms with van der Waals surface area (Å²) in [6, 6.07) is 9.05. The third-order valence-corrected chi connectivity index (χ3v) is 4.88. The summed E-state index contributed by atoms with van der Waals surface area (Å²) in [5, 5.41) is 3.64. The predicted octanol–water partition coefficient (Wildman–Crippen LogP) is 1.07. The van der Waals surface area contributed by atoms with Gasteiger partial charge in [0.05, 0.1) is 17.5 Å². The van der Waals surface area contributed by atoms with E-state index in [0.717, 1.165) is 18.2 Å². The van der Waals surface area contributed by atoms with Crippen molar-refractivity contribution in [2.24, 2.45) is 0 Å². The molecule has 136 valence electrons. The Morgan fingerprint density at radius 1 is 1.16 bits per heavy atom. The van der Waals surface area contributed by atoms with Gasteiger partial charge in [-0.25, -0.2) is 8.42 Å². The fourth-order valence-electron chi connectivity index (χ4n) is 2.46. The van der Waals surface area contributed by atoms with Crippen molar-refractivity contribution in [3.63, 3.8) is 0 Å². The van der Waals surface area contributed by atoms with Crippen molar-refractivity contribution in [3.05, 3.63) is 36.5 Å². The number of nitrogens with zero attached hydrogens (tertiary/aromatic N) is 3. The van der Waals surface area contributed by atoms with Gasteiger partial charge in [-0.3, -0.25) is 14.1 Å². The third-order valence-electron chi connectivity index (χ3n) is 3.70. The molecule has 2 aromatic rings. The maximum absolute atomic E-state index is 12.3. The van der Waals surface area contributed by atoms with Crippen molar-refractivity contribution in [1.29, 1.82) is 0 Å². The Kier molecular flexibility index (Phi) is 6.33. The molecule has 0 radical (unpaired) electrons. The first-order chi connectivity index (χ1) is 11.8. The molecule has 8 heteroatoms. The maximum Gasteiger partial charge on any atom is 0.232 e. The second-order valence-electron chi connectivity index (χ2n) is 6.09. The number of aromatic nitrogens is 1. The fraction of sp³-hybridized carbons (Fsp3) is 0.412. The lowest BCUT2D eigenvalue weighted by atomic mass is 10.2. The first-order valence-corrected chi connectivity index (χ1v) is 9.87. The number of pyridine rings is 1. The molecule has 2 rings (SSSR count). The Hall–Kier alpha value is -2.19. The van der Waals surface area contributed by atoms with E-state index in [2.05, 4.69) is 10.3 Å². The zero-order valence-electron chi connectivity index (χ0n) is 14.8. The smallest absolute Gasteiger partial charge is 0.232 e. The molecule has 0 atom stereocenters. The Bertz CT molecular complexity index is 831. The van der Waals surface area contributed by atoms with Crippen LogP contribution in [-0.4, -0.2) is 64.2 Å². The van der Waals surface area contributed by atoms with E-state index in [0.29, 0.717) is 17.7 Å². The molecule has 0 bridgehead atoms. The summed E-state index contributed by atoms with van der Waals surface area (Å²) in [4.78, 5) is 18.2. The molecule has 1 N–H and O–H groups in total. The Balaban J connectivity index is 2.16. The summed E-state index contributed by atoms with van der Waals surface area (Å²) in [6.45, 7) is 1.33. The van der Waals surface area contributed by atoms with Crippen LogP contribution < -0.4 is 9.62 Å². The van der Waals surface area contributed by atoms with E-state index in [9.17, 15) is 13.2 Å².